The number of carbonyl (C=O) groups excluding carboxylic acids is 1. The van der Waals surface area contributed by atoms with Crippen LogP contribution < -0.4 is 0 Å². The summed E-state index contributed by atoms with van der Waals surface area (Å²) < 4.78 is 17.2. The highest BCUT2D eigenvalue weighted by Gasteiger charge is 2.12. The zero-order chi connectivity index (χ0) is 9.84. The number of nitrogens with zero attached hydrogens (tertiary/aromatic N) is 1. The Labute approximate surface area is 79.5 Å². The van der Waals surface area contributed by atoms with E-state index in [0.717, 1.165) is 12.3 Å². The molecule has 0 saturated heterocycles. The molecular formula is C8H7ClFNO2. The Kier molecular flexibility index (Phi) is 3.19. The average Bonchev–Trinajstić information content (AvgIpc) is 2.09. The minimum atomic E-state index is -0.757. The van der Waals surface area contributed by atoms with Crippen LogP contribution in [0.1, 0.15) is 17.3 Å². The minimum absolute atomic E-state index is 0.00369. The van der Waals surface area contributed by atoms with Crippen LogP contribution in [0.2, 0.25) is 5.02 Å². The van der Waals surface area contributed by atoms with Gasteiger partial charge in [0.05, 0.1) is 17.2 Å². The number of carbonyl (C=O) groups is 1. The lowest BCUT2D eigenvalue weighted by atomic mass is 10.3. The fraction of sp³-hybridized carbons (Fsp3) is 0.250. The standard InChI is InChI=1S/C8H7ClFNO2/c1-2-13-8(12)5-3-7(10)11-4-6(5)9/h3-4H,2H2,1H3. The third-order valence-corrected chi connectivity index (χ3v) is 1.62. The number of halogens is 2. The van der Waals surface area contributed by atoms with Gasteiger partial charge in [-0.1, -0.05) is 11.6 Å². The molecule has 0 aliphatic rings. The van der Waals surface area contributed by atoms with Gasteiger partial charge in [0.1, 0.15) is 0 Å². The fourth-order valence-corrected chi connectivity index (χ4v) is 0.959. The van der Waals surface area contributed by atoms with Crippen molar-refractivity contribution >= 4 is 17.6 Å². The molecule has 0 atom stereocenters. The first-order chi connectivity index (χ1) is 6.15. The lowest BCUT2D eigenvalue weighted by Gasteiger charge is -2.02. The molecule has 1 rings (SSSR count). The van der Waals surface area contributed by atoms with Gasteiger partial charge in [-0.15, -0.1) is 0 Å². The number of rotatable bonds is 2. The first kappa shape index (κ1) is 9.92. The normalized spacial score (nSPS) is 9.77. The Morgan fingerprint density at radius 3 is 3.08 bits per heavy atom. The van der Waals surface area contributed by atoms with Gasteiger partial charge in [0.15, 0.2) is 0 Å². The van der Waals surface area contributed by atoms with Crippen molar-refractivity contribution in [3.05, 3.63) is 28.8 Å². The molecule has 0 N–H and O–H groups in total. The fourth-order valence-electron chi connectivity index (χ4n) is 0.778. The van der Waals surface area contributed by atoms with E-state index < -0.39 is 11.9 Å². The second-order valence-electron chi connectivity index (χ2n) is 2.21. The van der Waals surface area contributed by atoms with Crippen LogP contribution in [0, 0.1) is 5.95 Å². The second kappa shape index (κ2) is 4.18. The molecule has 0 aliphatic heterocycles. The molecule has 13 heavy (non-hydrogen) atoms. The van der Waals surface area contributed by atoms with Crippen LogP contribution in [0.5, 0.6) is 0 Å². The molecule has 0 fully saturated rings. The number of ether oxygens (including phenoxy) is 1. The van der Waals surface area contributed by atoms with E-state index in [2.05, 4.69) is 9.72 Å². The van der Waals surface area contributed by atoms with Crippen molar-refractivity contribution < 1.29 is 13.9 Å². The molecule has 1 heterocycles. The number of pyridine rings is 1. The topological polar surface area (TPSA) is 39.2 Å². The third kappa shape index (κ3) is 2.39. The van der Waals surface area contributed by atoms with Crippen molar-refractivity contribution in [3.8, 4) is 0 Å². The first-order valence-corrected chi connectivity index (χ1v) is 4.01. The van der Waals surface area contributed by atoms with Gasteiger partial charge < -0.3 is 4.74 Å². The number of esters is 1. The Bertz CT molecular complexity index is 330. The first-order valence-electron chi connectivity index (χ1n) is 3.63. The SMILES string of the molecule is CCOC(=O)c1cc(F)ncc1Cl. The van der Waals surface area contributed by atoms with E-state index in [1.54, 1.807) is 6.92 Å². The zero-order valence-electron chi connectivity index (χ0n) is 6.88. The monoisotopic (exact) mass is 203 g/mol. The molecule has 0 aromatic carbocycles. The third-order valence-electron chi connectivity index (χ3n) is 1.32. The molecule has 0 radical (unpaired) electrons. The molecule has 1 aromatic rings. The van der Waals surface area contributed by atoms with Crippen LogP contribution in [-0.2, 0) is 4.74 Å². The van der Waals surface area contributed by atoms with Gasteiger partial charge in [-0.05, 0) is 6.92 Å². The summed E-state index contributed by atoms with van der Waals surface area (Å²) >= 11 is 5.60. The molecule has 0 spiro atoms. The summed E-state index contributed by atoms with van der Waals surface area (Å²) in [6, 6.07) is 0.945. The second-order valence-corrected chi connectivity index (χ2v) is 2.61. The molecule has 0 amide bonds. The zero-order valence-corrected chi connectivity index (χ0v) is 7.64. The van der Waals surface area contributed by atoms with E-state index in [1.807, 2.05) is 0 Å². The maximum absolute atomic E-state index is 12.6. The van der Waals surface area contributed by atoms with Crippen molar-refractivity contribution in [2.75, 3.05) is 6.61 Å². The minimum Gasteiger partial charge on any atom is -0.462 e. The predicted molar refractivity (Wildman–Crippen MR) is 45.2 cm³/mol. The van der Waals surface area contributed by atoms with Gasteiger partial charge in [0, 0.05) is 12.3 Å². The molecule has 3 nitrogen and oxygen atoms in total. The maximum atomic E-state index is 12.6. The molecule has 0 saturated carbocycles. The van der Waals surface area contributed by atoms with E-state index in [4.69, 9.17) is 11.6 Å². The lowest BCUT2D eigenvalue weighted by Crippen LogP contribution is -2.06. The van der Waals surface area contributed by atoms with Gasteiger partial charge in [0.25, 0.3) is 0 Å². The Hall–Kier alpha value is -1.16. The summed E-state index contributed by atoms with van der Waals surface area (Å²) in [6.45, 7) is 1.88. The summed E-state index contributed by atoms with van der Waals surface area (Å²) in [6.07, 6.45) is 1.07. The highest BCUT2D eigenvalue weighted by molar-refractivity contribution is 6.33. The van der Waals surface area contributed by atoms with Crippen molar-refractivity contribution in [2.45, 2.75) is 6.92 Å². The summed E-state index contributed by atoms with van der Waals surface area (Å²) in [4.78, 5) is 14.4. The smallest absolute Gasteiger partial charge is 0.339 e. The van der Waals surface area contributed by atoms with Crippen molar-refractivity contribution in [3.63, 3.8) is 0 Å². The van der Waals surface area contributed by atoms with Gasteiger partial charge in [-0.25, -0.2) is 9.78 Å². The predicted octanol–water partition coefficient (Wildman–Crippen LogP) is 2.05. The van der Waals surface area contributed by atoms with Crippen LogP contribution in [0.25, 0.3) is 0 Å². The van der Waals surface area contributed by atoms with Gasteiger partial charge in [0.2, 0.25) is 5.95 Å². The van der Waals surface area contributed by atoms with Crippen LogP contribution in [-0.4, -0.2) is 17.6 Å². The van der Waals surface area contributed by atoms with Crippen molar-refractivity contribution in [1.29, 1.82) is 0 Å². The van der Waals surface area contributed by atoms with E-state index in [9.17, 15) is 9.18 Å². The Balaban J connectivity index is 2.99. The number of aromatic nitrogens is 1. The highest BCUT2D eigenvalue weighted by atomic mass is 35.5. The van der Waals surface area contributed by atoms with Crippen LogP contribution in [0.4, 0.5) is 4.39 Å². The number of hydrogen-bond acceptors (Lipinski definition) is 3. The van der Waals surface area contributed by atoms with Crippen LogP contribution >= 0.6 is 11.6 Å². The molecule has 1 aromatic heterocycles. The molecule has 5 heteroatoms. The van der Waals surface area contributed by atoms with Gasteiger partial charge >= 0.3 is 5.97 Å². The summed E-state index contributed by atoms with van der Waals surface area (Å²) in [5, 5.41) is 0.0832. The molecule has 0 unspecified atom stereocenters. The Morgan fingerprint density at radius 1 is 1.77 bits per heavy atom. The summed E-state index contributed by atoms with van der Waals surface area (Å²) in [5.74, 6) is -1.40. The quantitative estimate of drug-likeness (QED) is 0.546. The average molecular weight is 204 g/mol. The van der Waals surface area contributed by atoms with Crippen LogP contribution in [0.15, 0.2) is 12.3 Å². The van der Waals surface area contributed by atoms with Crippen molar-refractivity contribution in [2.24, 2.45) is 0 Å². The molecule has 0 aliphatic carbocycles. The van der Waals surface area contributed by atoms with E-state index in [0.29, 0.717) is 0 Å². The maximum Gasteiger partial charge on any atom is 0.339 e. The van der Waals surface area contributed by atoms with E-state index in [1.165, 1.54) is 0 Å². The summed E-state index contributed by atoms with van der Waals surface area (Å²) in [7, 11) is 0. The summed E-state index contributed by atoms with van der Waals surface area (Å²) in [5.41, 5.74) is -0.00369. The molecule has 70 valence electrons. The van der Waals surface area contributed by atoms with Gasteiger partial charge in [-0.3, -0.25) is 0 Å². The number of hydrogen-bond donors (Lipinski definition) is 0. The molecular weight excluding hydrogens is 197 g/mol. The largest absolute Gasteiger partial charge is 0.462 e. The van der Waals surface area contributed by atoms with E-state index in [-0.39, 0.29) is 17.2 Å². The van der Waals surface area contributed by atoms with E-state index >= 15 is 0 Å². The Morgan fingerprint density at radius 2 is 2.46 bits per heavy atom. The molecule has 0 bridgehead atoms. The van der Waals surface area contributed by atoms with Crippen molar-refractivity contribution in [1.82, 2.24) is 4.98 Å². The lowest BCUT2D eigenvalue weighted by molar-refractivity contribution is 0.0526. The van der Waals surface area contributed by atoms with Crippen LogP contribution in [0.3, 0.4) is 0 Å². The van der Waals surface area contributed by atoms with Gasteiger partial charge in [-0.2, -0.15) is 4.39 Å². The highest BCUT2D eigenvalue weighted by Crippen LogP contribution is 2.15.